The number of piperazine rings is 1. The lowest BCUT2D eigenvalue weighted by Gasteiger charge is -2.29. The number of hydrogen-bond acceptors (Lipinski definition) is 6. The molecule has 1 fully saturated rings. The van der Waals surface area contributed by atoms with Gasteiger partial charge in [0, 0.05) is 49.5 Å². The second kappa shape index (κ2) is 6.57. The molecule has 1 aliphatic rings. The molecule has 0 amide bonds. The van der Waals surface area contributed by atoms with Crippen LogP contribution in [0.3, 0.4) is 0 Å². The van der Waals surface area contributed by atoms with Crippen LogP contribution >= 0.6 is 0 Å². The first-order chi connectivity index (χ1) is 12.2. The van der Waals surface area contributed by atoms with Crippen LogP contribution in [0.5, 0.6) is 0 Å². The molecule has 2 aromatic heterocycles. The normalized spacial score (nSPS) is 14.7. The third-order valence-corrected chi connectivity index (χ3v) is 4.38. The van der Waals surface area contributed by atoms with Gasteiger partial charge in [-0.05, 0) is 42.8 Å². The van der Waals surface area contributed by atoms with Crippen molar-refractivity contribution in [2.75, 3.05) is 36.4 Å². The highest BCUT2D eigenvalue weighted by molar-refractivity contribution is 5.83. The molecule has 0 unspecified atom stereocenters. The number of benzene rings is 1. The summed E-state index contributed by atoms with van der Waals surface area (Å²) in [6, 6.07) is 11.6. The van der Waals surface area contributed by atoms with Crippen LogP contribution in [-0.4, -0.2) is 31.2 Å². The minimum Gasteiger partial charge on any atom is -0.421 e. The Balaban J connectivity index is 1.66. The summed E-state index contributed by atoms with van der Waals surface area (Å²) < 4.78 is 5.54. The van der Waals surface area contributed by atoms with Gasteiger partial charge in [-0.2, -0.15) is 0 Å². The maximum absolute atomic E-state index is 12.3. The van der Waals surface area contributed by atoms with E-state index < -0.39 is 5.63 Å². The van der Waals surface area contributed by atoms with Gasteiger partial charge in [0.1, 0.15) is 17.1 Å². The molecule has 128 valence electrons. The van der Waals surface area contributed by atoms with Crippen LogP contribution in [0.4, 0.5) is 17.2 Å². The van der Waals surface area contributed by atoms with Gasteiger partial charge in [-0.1, -0.05) is 0 Å². The van der Waals surface area contributed by atoms with E-state index in [0.717, 1.165) is 42.8 Å². The van der Waals surface area contributed by atoms with Crippen molar-refractivity contribution in [1.82, 2.24) is 10.3 Å². The number of pyridine rings is 1. The fraction of sp³-hybridized carbons (Fsp3) is 0.263. The molecule has 1 saturated heterocycles. The Hall–Kier alpha value is -2.86. The van der Waals surface area contributed by atoms with Crippen LogP contribution in [0.15, 0.2) is 51.8 Å². The van der Waals surface area contributed by atoms with Crippen molar-refractivity contribution in [3.05, 3.63) is 58.6 Å². The predicted molar refractivity (Wildman–Crippen MR) is 99.8 cm³/mol. The molecule has 0 aliphatic carbocycles. The van der Waals surface area contributed by atoms with Crippen molar-refractivity contribution in [2.45, 2.75) is 6.92 Å². The highest BCUT2D eigenvalue weighted by Crippen LogP contribution is 2.24. The number of hydrogen-bond donors (Lipinski definition) is 2. The number of rotatable bonds is 3. The average Bonchev–Trinajstić information content (AvgIpc) is 2.63. The second-order valence-corrected chi connectivity index (χ2v) is 6.25. The number of fused-ring (bicyclic) bond motifs is 1. The minimum atomic E-state index is -0.395. The first-order valence-corrected chi connectivity index (χ1v) is 8.42. The Bertz CT molecular complexity index is 961. The van der Waals surface area contributed by atoms with Crippen LogP contribution in [0.2, 0.25) is 0 Å². The molecule has 0 atom stereocenters. The summed E-state index contributed by atoms with van der Waals surface area (Å²) in [6.07, 6.45) is 1.71. The maximum Gasteiger partial charge on any atom is 0.360 e. The van der Waals surface area contributed by atoms with Crippen LogP contribution in [0, 0.1) is 6.92 Å². The second-order valence-electron chi connectivity index (χ2n) is 6.25. The SMILES string of the molecule is Cc1ccnc(Nc2cc3ccc(N4CCNCC4)cc3oc2=O)c1. The number of nitrogens with one attached hydrogen (secondary N) is 2. The fourth-order valence-electron chi connectivity index (χ4n) is 3.05. The molecule has 6 heteroatoms. The van der Waals surface area contributed by atoms with E-state index in [0.29, 0.717) is 17.1 Å². The van der Waals surface area contributed by atoms with Crippen LogP contribution in [0.1, 0.15) is 5.56 Å². The van der Waals surface area contributed by atoms with E-state index in [1.165, 1.54) is 0 Å². The number of aryl methyl sites for hydroxylation is 1. The molecule has 6 nitrogen and oxygen atoms in total. The van der Waals surface area contributed by atoms with Crippen molar-refractivity contribution in [3.8, 4) is 0 Å². The van der Waals surface area contributed by atoms with Crippen molar-refractivity contribution < 1.29 is 4.42 Å². The molecule has 0 saturated carbocycles. The molecule has 3 heterocycles. The Morgan fingerprint density at radius 1 is 1.16 bits per heavy atom. The van der Waals surface area contributed by atoms with Gasteiger partial charge >= 0.3 is 5.63 Å². The van der Waals surface area contributed by atoms with E-state index in [1.807, 2.05) is 37.3 Å². The van der Waals surface area contributed by atoms with Crippen LogP contribution in [-0.2, 0) is 0 Å². The Kier molecular flexibility index (Phi) is 4.11. The number of nitrogens with zero attached hydrogens (tertiary/aromatic N) is 2. The van der Waals surface area contributed by atoms with Gasteiger partial charge in [-0.15, -0.1) is 0 Å². The molecular formula is C19H20N4O2. The van der Waals surface area contributed by atoms with Gasteiger partial charge < -0.3 is 20.0 Å². The van der Waals surface area contributed by atoms with E-state index in [-0.39, 0.29) is 0 Å². The summed E-state index contributed by atoms with van der Waals surface area (Å²) >= 11 is 0. The standard InChI is InChI=1S/C19H20N4O2/c1-13-4-5-21-18(10-13)22-16-11-14-2-3-15(12-17(14)25-19(16)24)23-8-6-20-7-9-23/h2-5,10-12,20H,6-9H2,1H3,(H,21,22). The molecule has 0 spiro atoms. The quantitative estimate of drug-likeness (QED) is 0.717. The summed E-state index contributed by atoms with van der Waals surface area (Å²) in [5.41, 5.74) is 2.75. The fourth-order valence-corrected chi connectivity index (χ4v) is 3.05. The lowest BCUT2D eigenvalue weighted by atomic mass is 10.2. The third-order valence-electron chi connectivity index (χ3n) is 4.38. The minimum absolute atomic E-state index is 0.389. The molecule has 4 rings (SSSR count). The van der Waals surface area contributed by atoms with E-state index in [2.05, 4.69) is 26.6 Å². The lowest BCUT2D eigenvalue weighted by molar-refractivity contribution is 0.562. The molecule has 0 radical (unpaired) electrons. The Morgan fingerprint density at radius 2 is 2.00 bits per heavy atom. The van der Waals surface area contributed by atoms with E-state index in [9.17, 15) is 4.79 Å². The highest BCUT2D eigenvalue weighted by atomic mass is 16.4. The summed E-state index contributed by atoms with van der Waals surface area (Å²) in [4.78, 5) is 18.8. The third kappa shape index (κ3) is 3.34. The van der Waals surface area contributed by atoms with Gasteiger partial charge in [0.25, 0.3) is 0 Å². The zero-order chi connectivity index (χ0) is 17.2. The molecule has 0 bridgehead atoms. The summed E-state index contributed by atoms with van der Waals surface area (Å²) in [5.74, 6) is 0.629. The molecule has 1 aliphatic heterocycles. The average molecular weight is 336 g/mol. The first kappa shape index (κ1) is 15.7. The monoisotopic (exact) mass is 336 g/mol. The first-order valence-electron chi connectivity index (χ1n) is 8.42. The molecule has 3 aromatic rings. The van der Waals surface area contributed by atoms with Crippen LogP contribution < -0.4 is 21.2 Å². The van der Waals surface area contributed by atoms with Crippen molar-refractivity contribution in [3.63, 3.8) is 0 Å². The van der Waals surface area contributed by atoms with Crippen molar-refractivity contribution in [2.24, 2.45) is 0 Å². The van der Waals surface area contributed by atoms with Gasteiger partial charge in [0.2, 0.25) is 0 Å². The predicted octanol–water partition coefficient (Wildman–Crippen LogP) is 2.65. The zero-order valence-corrected chi connectivity index (χ0v) is 14.1. The smallest absolute Gasteiger partial charge is 0.360 e. The number of aromatic nitrogens is 1. The zero-order valence-electron chi connectivity index (χ0n) is 14.1. The van der Waals surface area contributed by atoms with Crippen molar-refractivity contribution >= 4 is 28.2 Å². The van der Waals surface area contributed by atoms with Crippen molar-refractivity contribution in [1.29, 1.82) is 0 Å². The van der Waals surface area contributed by atoms with Gasteiger partial charge in [0.15, 0.2) is 0 Å². The van der Waals surface area contributed by atoms with E-state index in [4.69, 9.17) is 4.42 Å². The van der Waals surface area contributed by atoms with Gasteiger partial charge in [0.05, 0.1) is 0 Å². The topological polar surface area (TPSA) is 70.4 Å². The maximum atomic E-state index is 12.3. The highest BCUT2D eigenvalue weighted by Gasteiger charge is 2.12. The molecule has 1 aromatic carbocycles. The Morgan fingerprint density at radius 3 is 2.80 bits per heavy atom. The van der Waals surface area contributed by atoms with Gasteiger partial charge in [-0.25, -0.2) is 9.78 Å². The summed E-state index contributed by atoms with van der Waals surface area (Å²) in [7, 11) is 0. The summed E-state index contributed by atoms with van der Waals surface area (Å²) in [6.45, 7) is 5.82. The summed E-state index contributed by atoms with van der Waals surface area (Å²) in [5, 5.41) is 7.27. The van der Waals surface area contributed by atoms with E-state index in [1.54, 1.807) is 6.20 Å². The van der Waals surface area contributed by atoms with Gasteiger partial charge in [-0.3, -0.25) is 0 Å². The molecular weight excluding hydrogens is 316 g/mol. The van der Waals surface area contributed by atoms with Crippen LogP contribution in [0.25, 0.3) is 11.0 Å². The lowest BCUT2D eigenvalue weighted by Crippen LogP contribution is -2.43. The number of anilines is 3. The molecule has 25 heavy (non-hydrogen) atoms. The van der Waals surface area contributed by atoms with E-state index >= 15 is 0 Å². The largest absolute Gasteiger partial charge is 0.421 e. The molecule has 2 N–H and O–H groups in total. The Labute approximate surface area is 145 Å².